The average molecular weight is 312 g/mol. The molecule has 0 amide bonds. The van der Waals surface area contributed by atoms with Crippen LogP contribution in [-0.2, 0) is 15.9 Å². The van der Waals surface area contributed by atoms with Crippen molar-refractivity contribution in [3.05, 3.63) is 38.9 Å². The third-order valence-corrected chi connectivity index (χ3v) is 5.87. The molecule has 0 saturated carbocycles. The van der Waals surface area contributed by atoms with Crippen LogP contribution in [0.3, 0.4) is 0 Å². The molecule has 1 heterocycles. The van der Waals surface area contributed by atoms with Gasteiger partial charge in [0, 0.05) is 5.39 Å². The second-order valence-electron chi connectivity index (χ2n) is 8.10. The molecular formula is C21H28O2. The molecule has 3 rings (SSSR count). The summed E-state index contributed by atoms with van der Waals surface area (Å²) in [5, 5.41) is 13.1. The summed E-state index contributed by atoms with van der Waals surface area (Å²) in [6.07, 6.45) is 0. The van der Waals surface area contributed by atoms with E-state index in [0.29, 0.717) is 5.75 Å². The Hall–Kier alpha value is -1.54. The Bertz CT molecular complexity index is 788. The van der Waals surface area contributed by atoms with Gasteiger partial charge in [-0.15, -0.1) is 0 Å². The van der Waals surface area contributed by atoms with Gasteiger partial charge >= 0.3 is 0 Å². The number of aromatic hydroxyl groups is 1. The van der Waals surface area contributed by atoms with E-state index in [2.05, 4.69) is 55.4 Å². The van der Waals surface area contributed by atoms with Crippen LogP contribution in [0.5, 0.6) is 5.75 Å². The number of hydrogen-bond acceptors (Lipinski definition) is 2. The van der Waals surface area contributed by atoms with E-state index in [1.807, 2.05) is 6.92 Å². The van der Waals surface area contributed by atoms with Gasteiger partial charge in [0.05, 0.1) is 11.2 Å². The highest BCUT2D eigenvalue weighted by atomic mass is 16.5. The fourth-order valence-corrected chi connectivity index (χ4v) is 4.69. The van der Waals surface area contributed by atoms with Gasteiger partial charge in [-0.25, -0.2) is 0 Å². The average Bonchev–Trinajstić information content (AvgIpc) is 2.39. The molecule has 0 unspecified atom stereocenters. The van der Waals surface area contributed by atoms with E-state index < -0.39 is 0 Å². The van der Waals surface area contributed by atoms with Gasteiger partial charge in [0.2, 0.25) is 0 Å². The molecule has 2 aromatic carbocycles. The molecule has 0 atom stereocenters. The standard InChI is InChI=1S/C21H28O2/c1-10-11(2)15-16-17(12(10)3)20(6,7)23-21(8,9)18(16)13(4)14(5)19(15)22/h22H,1-9H3. The predicted molar refractivity (Wildman–Crippen MR) is 96.4 cm³/mol. The van der Waals surface area contributed by atoms with Crippen molar-refractivity contribution < 1.29 is 9.84 Å². The molecular weight excluding hydrogens is 284 g/mol. The lowest BCUT2D eigenvalue weighted by Gasteiger charge is -2.45. The molecule has 2 nitrogen and oxygen atoms in total. The Labute approximate surface area is 139 Å². The highest BCUT2D eigenvalue weighted by molar-refractivity contribution is 6.01. The van der Waals surface area contributed by atoms with Crippen LogP contribution < -0.4 is 0 Å². The Morgan fingerprint density at radius 2 is 1.04 bits per heavy atom. The van der Waals surface area contributed by atoms with Gasteiger partial charge < -0.3 is 9.84 Å². The number of phenolic OH excluding ortho intramolecular Hbond substituents is 1. The number of aryl methyl sites for hydroxylation is 1. The van der Waals surface area contributed by atoms with Crippen molar-refractivity contribution in [2.45, 2.75) is 73.5 Å². The molecule has 0 saturated heterocycles. The molecule has 1 aliphatic rings. The van der Waals surface area contributed by atoms with Gasteiger partial charge in [0.25, 0.3) is 0 Å². The highest BCUT2D eigenvalue weighted by Crippen LogP contribution is 2.53. The Balaban J connectivity index is 2.76. The molecule has 0 fully saturated rings. The lowest BCUT2D eigenvalue weighted by atomic mass is 9.73. The van der Waals surface area contributed by atoms with Gasteiger partial charge in [-0.2, -0.15) is 0 Å². The van der Waals surface area contributed by atoms with Crippen LogP contribution in [0.2, 0.25) is 0 Å². The van der Waals surface area contributed by atoms with E-state index in [-0.39, 0.29) is 11.2 Å². The summed E-state index contributed by atoms with van der Waals surface area (Å²) in [5.41, 5.74) is 7.48. The summed E-state index contributed by atoms with van der Waals surface area (Å²) >= 11 is 0. The van der Waals surface area contributed by atoms with E-state index in [0.717, 1.165) is 16.5 Å². The molecule has 1 N–H and O–H groups in total. The van der Waals surface area contributed by atoms with Crippen molar-refractivity contribution in [2.24, 2.45) is 0 Å². The molecule has 23 heavy (non-hydrogen) atoms. The number of rotatable bonds is 0. The van der Waals surface area contributed by atoms with Crippen LogP contribution in [-0.4, -0.2) is 5.11 Å². The van der Waals surface area contributed by atoms with Crippen molar-refractivity contribution in [1.82, 2.24) is 0 Å². The van der Waals surface area contributed by atoms with Crippen molar-refractivity contribution in [3.8, 4) is 5.75 Å². The largest absolute Gasteiger partial charge is 0.507 e. The molecule has 2 aromatic rings. The molecule has 0 aromatic heterocycles. The first kappa shape index (κ1) is 16.3. The molecule has 124 valence electrons. The number of phenols is 1. The molecule has 1 aliphatic heterocycles. The fraction of sp³-hybridized carbons (Fsp3) is 0.524. The maximum absolute atomic E-state index is 10.9. The lowest BCUT2D eigenvalue weighted by Crippen LogP contribution is -2.39. The normalized spacial score (nSPS) is 18.5. The number of benzene rings is 2. The van der Waals surface area contributed by atoms with Gasteiger partial charge in [0.1, 0.15) is 5.75 Å². The number of hydrogen-bond donors (Lipinski definition) is 1. The van der Waals surface area contributed by atoms with E-state index in [4.69, 9.17) is 4.74 Å². The molecule has 0 aliphatic carbocycles. The van der Waals surface area contributed by atoms with Crippen molar-refractivity contribution in [1.29, 1.82) is 0 Å². The summed E-state index contributed by atoms with van der Waals surface area (Å²) < 4.78 is 6.55. The summed E-state index contributed by atoms with van der Waals surface area (Å²) in [7, 11) is 0. The minimum absolute atomic E-state index is 0.384. The number of ether oxygens (including phenoxy) is 1. The lowest BCUT2D eigenvalue weighted by molar-refractivity contribution is -0.136. The summed E-state index contributed by atoms with van der Waals surface area (Å²) in [6.45, 7) is 19.1. The van der Waals surface area contributed by atoms with Crippen LogP contribution in [0.1, 0.15) is 66.6 Å². The predicted octanol–water partition coefficient (Wildman–Crippen LogP) is 5.59. The maximum atomic E-state index is 10.9. The Kier molecular flexibility index (Phi) is 3.20. The van der Waals surface area contributed by atoms with E-state index in [1.165, 1.54) is 33.2 Å². The highest BCUT2D eigenvalue weighted by Gasteiger charge is 2.43. The zero-order chi connectivity index (χ0) is 17.5. The van der Waals surface area contributed by atoms with Crippen molar-refractivity contribution in [2.75, 3.05) is 0 Å². The SMILES string of the molecule is Cc1c(C)c2c3c(c(C)c(C)c(O)c3c1C)C(C)(C)OC2(C)C. The quantitative estimate of drug-likeness (QED) is 0.687. The zero-order valence-corrected chi connectivity index (χ0v) is 15.9. The first-order valence-corrected chi connectivity index (χ1v) is 8.38. The second kappa shape index (κ2) is 4.51. The van der Waals surface area contributed by atoms with Crippen LogP contribution in [0.15, 0.2) is 0 Å². The zero-order valence-electron chi connectivity index (χ0n) is 15.9. The topological polar surface area (TPSA) is 29.5 Å². The molecule has 0 spiro atoms. The van der Waals surface area contributed by atoms with E-state index in [1.54, 1.807) is 0 Å². The van der Waals surface area contributed by atoms with E-state index in [9.17, 15) is 5.11 Å². The van der Waals surface area contributed by atoms with Gasteiger partial charge in [0.15, 0.2) is 0 Å². The van der Waals surface area contributed by atoms with Crippen LogP contribution >= 0.6 is 0 Å². The van der Waals surface area contributed by atoms with Crippen LogP contribution in [0, 0.1) is 34.6 Å². The van der Waals surface area contributed by atoms with Gasteiger partial charge in [-0.3, -0.25) is 0 Å². The molecule has 2 heteroatoms. The third-order valence-electron chi connectivity index (χ3n) is 5.87. The fourth-order valence-electron chi connectivity index (χ4n) is 4.69. The summed E-state index contributed by atoms with van der Waals surface area (Å²) in [5.74, 6) is 0.427. The Morgan fingerprint density at radius 3 is 1.52 bits per heavy atom. The minimum atomic E-state index is -0.384. The third kappa shape index (κ3) is 1.91. The van der Waals surface area contributed by atoms with Gasteiger partial charge in [-0.05, 0) is 107 Å². The summed E-state index contributed by atoms with van der Waals surface area (Å²) in [6, 6.07) is 0. The second-order valence-corrected chi connectivity index (χ2v) is 8.10. The van der Waals surface area contributed by atoms with Crippen LogP contribution in [0.4, 0.5) is 0 Å². The monoisotopic (exact) mass is 312 g/mol. The van der Waals surface area contributed by atoms with Crippen LogP contribution in [0.25, 0.3) is 10.8 Å². The Morgan fingerprint density at radius 1 is 0.609 bits per heavy atom. The first-order chi connectivity index (χ1) is 10.4. The first-order valence-electron chi connectivity index (χ1n) is 8.38. The van der Waals surface area contributed by atoms with Crippen molar-refractivity contribution >= 4 is 10.8 Å². The van der Waals surface area contributed by atoms with Gasteiger partial charge in [-0.1, -0.05) is 0 Å². The maximum Gasteiger partial charge on any atom is 0.126 e. The molecule has 0 radical (unpaired) electrons. The van der Waals surface area contributed by atoms with E-state index >= 15 is 0 Å². The smallest absolute Gasteiger partial charge is 0.126 e. The molecule has 0 bridgehead atoms. The minimum Gasteiger partial charge on any atom is -0.507 e. The summed E-state index contributed by atoms with van der Waals surface area (Å²) in [4.78, 5) is 0. The van der Waals surface area contributed by atoms with Crippen molar-refractivity contribution in [3.63, 3.8) is 0 Å².